The second-order valence-corrected chi connectivity index (χ2v) is 2.44. The highest BCUT2D eigenvalue weighted by Crippen LogP contribution is 2.06. The van der Waals surface area contributed by atoms with E-state index in [1.807, 2.05) is 6.92 Å². The molecule has 0 aliphatic carbocycles. The molecule has 54 valence electrons. The summed E-state index contributed by atoms with van der Waals surface area (Å²) in [5.41, 5.74) is 6.27. The Morgan fingerprint density at radius 3 is 2.60 bits per heavy atom. The first kappa shape index (κ1) is 7.44. The van der Waals surface area contributed by atoms with E-state index in [1.165, 1.54) is 6.20 Å². The van der Waals surface area contributed by atoms with E-state index < -0.39 is 0 Å². The van der Waals surface area contributed by atoms with E-state index in [2.05, 4.69) is 9.97 Å². The maximum atomic E-state index is 5.52. The van der Waals surface area contributed by atoms with E-state index in [-0.39, 0.29) is 6.04 Å². The van der Waals surface area contributed by atoms with Crippen LogP contribution >= 0.6 is 11.6 Å². The molecular weight excluding hydrogens is 150 g/mol. The van der Waals surface area contributed by atoms with Crippen LogP contribution in [0.4, 0.5) is 0 Å². The van der Waals surface area contributed by atoms with E-state index >= 15 is 0 Å². The lowest BCUT2D eigenvalue weighted by Crippen LogP contribution is -2.07. The Balaban J connectivity index is 2.89. The minimum absolute atomic E-state index is 0.0789. The highest BCUT2D eigenvalue weighted by atomic mass is 35.5. The Morgan fingerprint density at radius 1 is 1.50 bits per heavy atom. The maximum Gasteiger partial charge on any atom is 0.147 e. The molecule has 1 heterocycles. The number of aromatic nitrogens is 2. The van der Waals surface area contributed by atoms with E-state index in [0.717, 1.165) is 5.69 Å². The van der Waals surface area contributed by atoms with Gasteiger partial charge >= 0.3 is 0 Å². The molecule has 1 aromatic rings. The molecule has 0 radical (unpaired) electrons. The molecule has 0 aliphatic heterocycles. The molecule has 0 saturated carbocycles. The van der Waals surface area contributed by atoms with Crippen LogP contribution < -0.4 is 5.73 Å². The summed E-state index contributed by atoms with van der Waals surface area (Å²) < 4.78 is 0. The summed E-state index contributed by atoms with van der Waals surface area (Å²) in [6.45, 7) is 1.85. The minimum Gasteiger partial charge on any atom is -0.323 e. The first-order valence-corrected chi connectivity index (χ1v) is 3.31. The van der Waals surface area contributed by atoms with Crippen molar-refractivity contribution in [2.24, 2.45) is 5.73 Å². The number of hydrogen-bond acceptors (Lipinski definition) is 3. The fourth-order valence-electron chi connectivity index (χ4n) is 0.557. The third kappa shape index (κ3) is 1.65. The van der Waals surface area contributed by atoms with Crippen molar-refractivity contribution in [1.29, 1.82) is 0 Å². The molecular formula is C6H8ClN3. The normalized spacial score (nSPS) is 13.1. The summed E-state index contributed by atoms with van der Waals surface area (Å²) in [7, 11) is 0. The Kier molecular flexibility index (Phi) is 2.19. The van der Waals surface area contributed by atoms with Crippen molar-refractivity contribution in [3.05, 3.63) is 23.2 Å². The summed E-state index contributed by atoms with van der Waals surface area (Å²) >= 11 is 5.50. The van der Waals surface area contributed by atoms with Crippen LogP contribution in [-0.2, 0) is 0 Å². The molecule has 1 unspecified atom stereocenters. The molecule has 1 rings (SSSR count). The monoisotopic (exact) mass is 157 g/mol. The fraction of sp³-hybridized carbons (Fsp3) is 0.333. The summed E-state index contributed by atoms with van der Waals surface area (Å²) in [4.78, 5) is 7.78. The summed E-state index contributed by atoms with van der Waals surface area (Å²) in [5.74, 6) is 0. The number of nitrogens with zero attached hydrogens (tertiary/aromatic N) is 2. The molecule has 0 spiro atoms. The van der Waals surface area contributed by atoms with Crippen molar-refractivity contribution in [3.63, 3.8) is 0 Å². The quantitative estimate of drug-likeness (QED) is 0.666. The van der Waals surface area contributed by atoms with Crippen molar-refractivity contribution in [2.75, 3.05) is 0 Å². The molecule has 0 fully saturated rings. The smallest absolute Gasteiger partial charge is 0.147 e. The number of halogens is 1. The van der Waals surface area contributed by atoms with Crippen molar-refractivity contribution < 1.29 is 0 Å². The molecule has 1 aromatic heterocycles. The molecule has 0 bridgehead atoms. The van der Waals surface area contributed by atoms with Gasteiger partial charge in [0.1, 0.15) is 5.15 Å². The third-order valence-corrected chi connectivity index (χ3v) is 1.30. The van der Waals surface area contributed by atoms with Crippen LogP contribution in [0, 0.1) is 0 Å². The van der Waals surface area contributed by atoms with Crippen LogP contribution in [0.2, 0.25) is 5.15 Å². The largest absolute Gasteiger partial charge is 0.323 e. The van der Waals surface area contributed by atoms with Crippen LogP contribution in [0.3, 0.4) is 0 Å². The van der Waals surface area contributed by atoms with Crippen LogP contribution in [0.15, 0.2) is 12.4 Å². The van der Waals surface area contributed by atoms with Gasteiger partial charge in [-0.3, -0.25) is 4.98 Å². The number of nitrogens with two attached hydrogens (primary N) is 1. The zero-order valence-corrected chi connectivity index (χ0v) is 6.34. The first-order valence-electron chi connectivity index (χ1n) is 2.93. The average molecular weight is 158 g/mol. The first-order chi connectivity index (χ1) is 4.70. The molecule has 10 heavy (non-hydrogen) atoms. The molecule has 0 aromatic carbocycles. The van der Waals surface area contributed by atoms with Crippen molar-refractivity contribution in [1.82, 2.24) is 9.97 Å². The van der Waals surface area contributed by atoms with Gasteiger partial charge in [-0.25, -0.2) is 4.98 Å². The van der Waals surface area contributed by atoms with E-state index in [4.69, 9.17) is 17.3 Å². The Bertz CT molecular complexity index is 207. The maximum absolute atomic E-state index is 5.52. The van der Waals surface area contributed by atoms with Gasteiger partial charge < -0.3 is 5.73 Å². The average Bonchev–Trinajstić information content (AvgIpc) is 1.88. The Morgan fingerprint density at radius 2 is 2.20 bits per heavy atom. The molecule has 0 amide bonds. The van der Waals surface area contributed by atoms with Gasteiger partial charge in [-0.1, -0.05) is 11.6 Å². The topological polar surface area (TPSA) is 51.8 Å². The van der Waals surface area contributed by atoms with Crippen LogP contribution in [0.1, 0.15) is 18.7 Å². The van der Waals surface area contributed by atoms with Gasteiger partial charge in [0, 0.05) is 6.04 Å². The Labute approximate surface area is 64.2 Å². The molecule has 4 heteroatoms. The minimum atomic E-state index is -0.0789. The van der Waals surface area contributed by atoms with Gasteiger partial charge in [-0.2, -0.15) is 0 Å². The van der Waals surface area contributed by atoms with Gasteiger partial charge in [0.15, 0.2) is 0 Å². The predicted molar refractivity (Wildman–Crippen MR) is 39.6 cm³/mol. The van der Waals surface area contributed by atoms with Crippen LogP contribution in [0.25, 0.3) is 0 Å². The lowest BCUT2D eigenvalue weighted by molar-refractivity contribution is 0.772. The summed E-state index contributed by atoms with van der Waals surface area (Å²) in [5, 5.41) is 0.393. The van der Waals surface area contributed by atoms with E-state index in [1.54, 1.807) is 6.20 Å². The van der Waals surface area contributed by atoms with Crippen LogP contribution in [-0.4, -0.2) is 9.97 Å². The fourth-order valence-corrected chi connectivity index (χ4v) is 0.655. The van der Waals surface area contributed by atoms with Crippen molar-refractivity contribution in [2.45, 2.75) is 13.0 Å². The highest BCUT2D eigenvalue weighted by molar-refractivity contribution is 6.29. The molecule has 0 aliphatic rings. The standard InChI is InChI=1S/C6H8ClN3/c1-4(8)5-2-10-6(7)3-9-5/h2-4H,8H2,1H3. The van der Waals surface area contributed by atoms with Gasteiger partial charge in [-0.15, -0.1) is 0 Å². The zero-order valence-electron chi connectivity index (χ0n) is 5.58. The Hall–Kier alpha value is -0.670. The second-order valence-electron chi connectivity index (χ2n) is 2.05. The SMILES string of the molecule is CC(N)c1cnc(Cl)cn1. The predicted octanol–water partition coefficient (Wildman–Crippen LogP) is 1.15. The lowest BCUT2D eigenvalue weighted by atomic mass is 10.3. The summed E-state index contributed by atoms with van der Waals surface area (Å²) in [6, 6.07) is -0.0789. The van der Waals surface area contributed by atoms with Gasteiger partial charge in [0.25, 0.3) is 0 Å². The van der Waals surface area contributed by atoms with Gasteiger partial charge in [-0.05, 0) is 6.92 Å². The molecule has 3 nitrogen and oxygen atoms in total. The van der Waals surface area contributed by atoms with Gasteiger partial charge in [0.05, 0.1) is 18.1 Å². The molecule has 2 N–H and O–H groups in total. The summed E-state index contributed by atoms with van der Waals surface area (Å²) in [6.07, 6.45) is 3.06. The molecule has 1 atom stereocenters. The van der Waals surface area contributed by atoms with E-state index in [9.17, 15) is 0 Å². The van der Waals surface area contributed by atoms with E-state index in [0.29, 0.717) is 5.15 Å². The van der Waals surface area contributed by atoms with Gasteiger partial charge in [0.2, 0.25) is 0 Å². The van der Waals surface area contributed by atoms with Crippen molar-refractivity contribution >= 4 is 11.6 Å². The molecule has 0 saturated heterocycles. The lowest BCUT2D eigenvalue weighted by Gasteiger charge is -2.01. The third-order valence-electron chi connectivity index (χ3n) is 1.11. The highest BCUT2D eigenvalue weighted by Gasteiger charge is 1.99. The second kappa shape index (κ2) is 2.94. The van der Waals surface area contributed by atoms with Crippen LogP contribution in [0.5, 0.6) is 0 Å². The van der Waals surface area contributed by atoms with Crippen molar-refractivity contribution in [3.8, 4) is 0 Å². The number of rotatable bonds is 1. The number of hydrogen-bond donors (Lipinski definition) is 1. The zero-order chi connectivity index (χ0) is 7.56.